The van der Waals surface area contributed by atoms with E-state index < -0.39 is 0 Å². The summed E-state index contributed by atoms with van der Waals surface area (Å²) >= 11 is 1.33. The van der Waals surface area contributed by atoms with E-state index in [4.69, 9.17) is 4.74 Å². The SMILES string of the molecule is Cc1cccc(-c2[nH]cnc2-c2ccc3ncc(-c4ncc(C(=O)OC5CCNCC5)s4)cc3c2)n1. The number of aryl methyl sites for hydroxylation is 1. The number of benzene rings is 1. The van der Waals surface area contributed by atoms with Crippen molar-refractivity contribution in [2.24, 2.45) is 0 Å². The lowest BCUT2D eigenvalue weighted by atomic mass is 10.0. The molecule has 180 valence electrons. The van der Waals surface area contributed by atoms with Crippen molar-refractivity contribution in [1.82, 2.24) is 30.2 Å². The monoisotopic (exact) mass is 496 g/mol. The summed E-state index contributed by atoms with van der Waals surface area (Å²) < 4.78 is 5.67. The predicted molar refractivity (Wildman–Crippen MR) is 140 cm³/mol. The number of fused-ring (bicyclic) bond motifs is 1. The van der Waals surface area contributed by atoms with Crippen LogP contribution in [0.5, 0.6) is 0 Å². The molecule has 0 spiro atoms. The maximum Gasteiger partial charge on any atom is 0.350 e. The van der Waals surface area contributed by atoms with Gasteiger partial charge in [0.05, 0.1) is 35.1 Å². The van der Waals surface area contributed by atoms with Gasteiger partial charge in [-0.15, -0.1) is 11.3 Å². The van der Waals surface area contributed by atoms with Crippen LogP contribution in [0.2, 0.25) is 0 Å². The summed E-state index contributed by atoms with van der Waals surface area (Å²) in [4.78, 5) is 34.7. The molecule has 0 bridgehead atoms. The first-order valence-electron chi connectivity index (χ1n) is 11.9. The van der Waals surface area contributed by atoms with Gasteiger partial charge >= 0.3 is 5.97 Å². The van der Waals surface area contributed by atoms with Gasteiger partial charge in [0.15, 0.2) is 0 Å². The van der Waals surface area contributed by atoms with Crippen molar-refractivity contribution < 1.29 is 9.53 Å². The molecule has 0 radical (unpaired) electrons. The van der Waals surface area contributed by atoms with E-state index in [9.17, 15) is 4.79 Å². The first-order chi connectivity index (χ1) is 17.6. The minimum absolute atomic E-state index is 0.0352. The number of H-pyrrole nitrogens is 1. The molecular weight excluding hydrogens is 472 g/mol. The van der Waals surface area contributed by atoms with Crippen molar-refractivity contribution in [3.05, 3.63) is 71.8 Å². The average molecular weight is 497 g/mol. The number of pyridine rings is 2. The van der Waals surface area contributed by atoms with E-state index in [0.29, 0.717) is 4.88 Å². The van der Waals surface area contributed by atoms with Gasteiger partial charge in [-0.1, -0.05) is 12.1 Å². The molecule has 1 aromatic carbocycles. The molecule has 2 N–H and O–H groups in total. The molecule has 9 heteroatoms. The third kappa shape index (κ3) is 4.50. The number of aromatic amines is 1. The fraction of sp³-hybridized carbons (Fsp3) is 0.222. The first kappa shape index (κ1) is 22.5. The van der Waals surface area contributed by atoms with Crippen LogP contribution in [0.4, 0.5) is 0 Å². The zero-order valence-electron chi connectivity index (χ0n) is 19.7. The highest BCUT2D eigenvalue weighted by Gasteiger charge is 2.21. The zero-order chi connectivity index (χ0) is 24.5. The molecule has 0 amide bonds. The zero-order valence-corrected chi connectivity index (χ0v) is 20.5. The number of rotatable bonds is 5. The molecule has 1 fully saturated rings. The van der Waals surface area contributed by atoms with Crippen molar-refractivity contribution in [3.8, 4) is 33.2 Å². The van der Waals surface area contributed by atoms with Crippen molar-refractivity contribution in [1.29, 1.82) is 0 Å². The number of piperidine rings is 1. The molecule has 5 aromatic rings. The van der Waals surface area contributed by atoms with Crippen molar-refractivity contribution in [2.75, 3.05) is 13.1 Å². The lowest BCUT2D eigenvalue weighted by molar-refractivity contribution is 0.0235. The number of carbonyl (C=O) groups is 1. The molecule has 1 aliphatic heterocycles. The summed E-state index contributed by atoms with van der Waals surface area (Å²) in [5, 5.41) is 4.97. The maximum atomic E-state index is 12.6. The molecule has 6 rings (SSSR count). The minimum atomic E-state index is -0.308. The van der Waals surface area contributed by atoms with Crippen LogP contribution in [0.15, 0.2) is 61.2 Å². The van der Waals surface area contributed by atoms with Gasteiger partial charge in [-0.3, -0.25) is 9.97 Å². The Morgan fingerprint density at radius 3 is 2.75 bits per heavy atom. The van der Waals surface area contributed by atoms with E-state index in [1.807, 2.05) is 43.3 Å². The van der Waals surface area contributed by atoms with Gasteiger partial charge in [-0.05, 0) is 63.2 Å². The molecule has 0 saturated carbocycles. The number of aromatic nitrogens is 5. The Kier molecular flexibility index (Phi) is 6.00. The Morgan fingerprint density at radius 2 is 1.89 bits per heavy atom. The summed E-state index contributed by atoms with van der Waals surface area (Å²) in [6, 6.07) is 14.1. The van der Waals surface area contributed by atoms with Crippen LogP contribution < -0.4 is 5.32 Å². The Balaban J connectivity index is 1.28. The quantitative estimate of drug-likeness (QED) is 0.329. The summed E-state index contributed by atoms with van der Waals surface area (Å²) in [6.07, 6.45) is 6.71. The summed E-state index contributed by atoms with van der Waals surface area (Å²) in [5.41, 5.74) is 6.19. The molecule has 0 atom stereocenters. The number of nitrogens with zero attached hydrogens (tertiary/aromatic N) is 4. The Morgan fingerprint density at radius 1 is 1.03 bits per heavy atom. The number of hydrogen-bond acceptors (Lipinski definition) is 8. The van der Waals surface area contributed by atoms with E-state index >= 15 is 0 Å². The minimum Gasteiger partial charge on any atom is -0.458 e. The maximum absolute atomic E-state index is 12.6. The Labute approximate surface area is 211 Å². The lowest BCUT2D eigenvalue weighted by Gasteiger charge is -2.22. The van der Waals surface area contributed by atoms with E-state index in [1.165, 1.54) is 11.3 Å². The second-order valence-corrected chi connectivity index (χ2v) is 9.84. The van der Waals surface area contributed by atoms with E-state index in [1.54, 1.807) is 18.7 Å². The molecule has 0 aliphatic carbocycles. The smallest absolute Gasteiger partial charge is 0.350 e. The van der Waals surface area contributed by atoms with Crippen LogP contribution in [-0.2, 0) is 4.74 Å². The number of nitrogens with one attached hydrogen (secondary N) is 2. The van der Waals surface area contributed by atoms with Crippen LogP contribution >= 0.6 is 11.3 Å². The molecule has 4 aromatic heterocycles. The molecule has 0 unspecified atom stereocenters. The normalized spacial score (nSPS) is 14.2. The summed E-state index contributed by atoms with van der Waals surface area (Å²) in [7, 11) is 0. The summed E-state index contributed by atoms with van der Waals surface area (Å²) in [5.74, 6) is -0.308. The largest absolute Gasteiger partial charge is 0.458 e. The third-order valence-corrected chi connectivity index (χ3v) is 7.28. The van der Waals surface area contributed by atoms with Crippen molar-refractivity contribution in [3.63, 3.8) is 0 Å². The van der Waals surface area contributed by atoms with Gasteiger partial charge < -0.3 is 15.0 Å². The molecular formula is C27H24N6O2S. The van der Waals surface area contributed by atoms with Crippen LogP contribution in [0.1, 0.15) is 28.2 Å². The van der Waals surface area contributed by atoms with Gasteiger partial charge in [0.1, 0.15) is 16.0 Å². The average Bonchev–Trinajstić information content (AvgIpc) is 3.59. The second kappa shape index (κ2) is 9.60. The van der Waals surface area contributed by atoms with Gasteiger partial charge in [-0.25, -0.2) is 14.8 Å². The molecule has 5 heterocycles. The third-order valence-electron chi connectivity index (χ3n) is 6.25. The summed E-state index contributed by atoms with van der Waals surface area (Å²) in [6.45, 7) is 3.72. The van der Waals surface area contributed by atoms with Gasteiger partial charge in [0.2, 0.25) is 0 Å². The van der Waals surface area contributed by atoms with Gasteiger partial charge in [-0.2, -0.15) is 0 Å². The number of imidazole rings is 1. The van der Waals surface area contributed by atoms with Crippen LogP contribution in [0, 0.1) is 6.92 Å². The first-order valence-corrected chi connectivity index (χ1v) is 12.7. The highest BCUT2D eigenvalue weighted by Crippen LogP contribution is 2.32. The number of hydrogen-bond donors (Lipinski definition) is 2. The molecule has 1 aliphatic rings. The number of carbonyl (C=O) groups excluding carboxylic acids is 1. The predicted octanol–water partition coefficient (Wildman–Crippen LogP) is 5.03. The lowest BCUT2D eigenvalue weighted by Crippen LogP contribution is -2.33. The fourth-order valence-corrected chi connectivity index (χ4v) is 5.19. The van der Waals surface area contributed by atoms with Crippen LogP contribution in [0.25, 0.3) is 44.1 Å². The second-order valence-electron chi connectivity index (χ2n) is 8.81. The van der Waals surface area contributed by atoms with Crippen molar-refractivity contribution >= 4 is 28.2 Å². The highest BCUT2D eigenvalue weighted by atomic mass is 32.1. The molecule has 8 nitrogen and oxygen atoms in total. The number of thiazole rings is 1. The fourth-order valence-electron chi connectivity index (χ4n) is 4.41. The molecule has 1 saturated heterocycles. The van der Waals surface area contributed by atoms with Crippen LogP contribution in [0.3, 0.4) is 0 Å². The Hall–Kier alpha value is -3.95. The standard InChI is InChI=1S/C27H24N6O2S/c1-16-3-2-4-22(33-16)25-24(31-15-32-25)17-5-6-21-18(11-17)12-19(13-29-21)26-30-14-23(36-26)27(34)35-20-7-9-28-10-8-20/h2-6,11-15,20,28H,7-10H2,1H3,(H,31,32). The van der Waals surface area contributed by atoms with Gasteiger partial charge in [0, 0.05) is 28.4 Å². The highest BCUT2D eigenvalue weighted by molar-refractivity contribution is 7.16. The van der Waals surface area contributed by atoms with E-state index in [2.05, 4.69) is 36.3 Å². The molecule has 36 heavy (non-hydrogen) atoms. The van der Waals surface area contributed by atoms with E-state index in [0.717, 1.165) is 75.7 Å². The van der Waals surface area contributed by atoms with Crippen LogP contribution in [-0.4, -0.2) is 50.1 Å². The number of ether oxygens (including phenoxy) is 1. The Bertz CT molecular complexity index is 1550. The van der Waals surface area contributed by atoms with E-state index in [-0.39, 0.29) is 12.1 Å². The number of esters is 1. The topological polar surface area (TPSA) is 106 Å². The van der Waals surface area contributed by atoms with Gasteiger partial charge in [0.25, 0.3) is 0 Å². The van der Waals surface area contributed by atoms with Crippen molar-refractivity contribution in [2.45, 2.75) is 25.9 Å².